The lowest BCUT2D eigenvalue weighted by Gasteiger charge is -2.02. The molecule has 26 heavy (non-hydrogen) atoms. The van der Waals surface area contributed by atoms with Crippen molar-refractivity contribution in [3.63, 3.8) is 0 Å². The Morgan fingerprint density at radius 2 is 2.04 bits per heavy atom. The van der Waals surface area contributed by atoms with Gasteiger partial charge in [-0.3, -0.25) is 9.78 Å². The average Bonchev–Trinajstić information content (AvgIpc) is 3.11. The van der Waals surface area contributed by atoms with Gasteiger partial charge in [-0.15, -0.1) is 0 Å². The molecule has 130 valence electrons. The number of nitrogens with zero attached hydrogens (tertiary/aromatic N) is 2. The SMILES string of the molecule is O=C(O)c1ccc(Cl)c(-c2ccc(/C=N\NC(=O)c3cccnc3)o2)c1. The minimum absolute atomic E-state index is 0.0970. The highest BCUT2D eigenvalue weighted by Crippen LogP contribution is 2.30. The standard InChI is InChI=1S/C18H12ClN3O4/c19-15-5-3-11(18(24)25)8-14(15)16-6-4-13(26-16)10-21-22-17(23)12-2-1-7-20-9-12/h1-10H,(H,22,23)(H,24,25)/b21-10-. The topological polar surface area (TPSA) is 105 Å². The number of rotatable bonds is 5. The van der Waals surface area contributed by atoms with Crippen LogP contribution in [0.1, 0.15) is 26.5 Å². The predicted octanol–water partition coefficient (Wildman–Crippen LogP) is 3.46. The molecular weight excluding hydrogens is 358 g/mol. The Morgan fingerprint density at radius 3 is 2.77 bits per heavy atom. The van der Waals surface area contributed by atoms with E-state index in [0.717, 1.165) is 0 Å². The summed E-state index contributed by atoms with van der Waals surface area (Å²) in [6.07, 6.45) is 4.31. The Bertz CT molecular complexity index is 983. The number of pyridine rings is 1. The van der Waals surface area contributed by atoms with Crippen LogP contribution in [0, 0.1) is 0 Å². The number of hydrogen-bond donors (Lipinski definition) is 2. The molecular formula is C18H12ClN3O4. The minimum Gasteiger partial charge on any atom is -0.478 e. The molecule has 2 N–H and O–H groups in total. The van der Waals surface area contributed by atoms with Gasteiger partial charge in [0.25, 0.3) is 5.91 Å². The Hall–Kier alpha value is -3.45. The summed E-state index contributed by atoms with van der Waals surface area (Å²) in [5.41, 5.74) is 3.28. The molecule has 8 heteroatoms. The van der Waals surface area contributed by atoms with Crippen LogP contribution in [0.15, 0.2) is 64.4 Å². The van der Waals surface area contributed by atoms with Gasteiger partial charge in [-0.2, -0.15) is 5.10 Å². The number of carbonyl (C=O) groups excluding carboxylic acids is 1. The highest BCUT2D eigenvalue weighted by molar-refractivity contribution is 6.33. The van der Waals surface area contributed by atoms with Crippen LogP contribution in [0.5, 0.6) is 0 Å². The van der Waals surface area contributed by atoms with E-state index in [2.05, 4.69) is 15.5 Å². The number of furan rings is 1. The van der Waals surface area contributed by atoms with Crippen molar-refractivity contribution in [2.24, 2.45) is 5.10 Å². The molecule has 0 saturated heterocycles. The second-order valence-corrected chi connectivity index (χ2v) is 5.55. The van der Waals surface area contributed by atoms with E-state index in [9.17, 15) is 9.59 Å². The van der Waals surface area contributed by atoms with Gasteiger partial charge in [0.2, 0.25) is 0 Å². The van der Waals surface area contributed by atoms with Crippen LogP contribution in [0.25, 0.3) is 11.3 Å². The van der Waals surface area contributed by atoms with Crippen molar-refractivity contribution in [3.05, 3.63) is 76.8 Å². The third-order valence-electron chi connectivity index (χ3n) is 3.39. The van der Waals surface area contributed by atoms with Crippen LogP contribution in [0.2, 0.25) is 5.02 Å². The third-order valence-corrected chi connectivity index (χ3v) is 3.72. The fraction of sp³-hybridized carbons (Fsp3) is 0. The molecule has 3 rings (SSSR count). The van der Waals surface area contributed by atoms with E-state index in [4.69, 9.17) is 21.1 Å². The lowest BCUT2D eigenvalue weighted by atomic mass is 10.1. The second kappa shape index (κ2) is 7.62. The van der Waals surface area contributed by atoms with Gasteiger partial charge in [-0.1, -0.05) is 11.6 Å². The summed E-state index contributed by atoms with van der Waals surface area (Å²) in [6, 6.07) is 10.8. The lowest BCUT2D eigenvalue weighted by molar-refractivity contribution is 0.0696. The fourth-order valence-electron chi connectivity index (χ4n) is 2.13. The first-order valence-electron chi connectivity index (χ1n) is 7.41. The minimum atomic E-state index is -1.06. The highest BCUT2D eigenvalue weighted by Gasteiger charge is 2.12. The van der Waals surface area contributed by atoms with Gasteiger partial charge < -0.3 is 9.52 Å². The Balaban J connectivity index is 1.73. The molecule has 7 nitrogen and oxygen atoms in total. The van der Waals surface area contributed by atoms with Crippen molar-refractivity contribution in [1.29, 1.82) is 0 Å². The van der Waals surface area contributed by atoms with Crippen LogP contribution < -0.4 is 5.43 Å². The number of hydrogen-bond acceptors (Lipinski definition) is 5. The first-order valence-corrected chi connectivity index (χ1v) is 7.79. The third kappa shape index (κ3) is 3.96. The Morgan fingerprint density at radius 1 is 1.19 bits per heavy atom. The molecule has 0 saturated carbocycles. The second-order valence-electron chi connectivity index (χ2n) is 5.14. The molecule has 0 spiro atoms. The van der Waals surface area contributed by atoms with Crippen molar-refractivity contribution in [2.75, 3.05) is 0 Å². The molecule has 1 amide bonds. The van der Waals surface area contributed by atoms with Crippen molar-refractivity contribution < 1.29 is 19.1 Å². The number of aromatic carboxylic acids is 1. The van der Waals surface area contributed by atoms with Crippen LogP contribution in [-0.2, 0) is 0 Å². The molecule has 2 heterocycles. The van der Waals surface area contributed by atoms with Gasteiger partial charge >= 0.3 is 5.97 Å². The van der Waals surface area contributed by atoms with Gasteiger partial charge in [-0.05, 0) is 42.5 Å². The number of carboxylic acids is 1. The molecule has 0 radical (unpaired) electrons. The van der Waals surface area contributed by atoms with Crippen molar-refractivity contribution in [2.45, 2.75) is 0 Å². The Labute approximate surface area is 152 Å². The smallest absolute Gasteiger partial charge is 0.335 e. The normalized spacial score (nSPS) is 10.8. The molecule has 0 bridgehead atoms. The van der Waals surface area contributed by atoms with Crippen molar-refractivity contribution >= 4 is 29.7 Å². The number of carbonyl (C=O) groups is 2. The average molecular weight is 370 g/mol. The maximum absolute atomic E-state index is 11.8. The predicted molar refractivity (Wildman–Crippen MR) is 95.4 cm³/mol. The van der Waals surface area contributed by atoms with Crippen molar-refractivity contribution in [1.82, 2.24) is 10.4 Å². The van der Waals surface area contributed by atoms with Crippen LogP contribution in [0.4, 0.5) is 0 Å². The van der Waals surface area contributed by atoms with E-state index in [0.29, 0.717) is 27.7 Å². The first kappa shape index (κ1) is 17.4. The zero-order valence-electron chi connectivity index (χ0n) is 13.2. The van der Waals surface area contributed by atoms with E-state index >= 15 is 0 Å². The lowest BCUT2D eigenvalue weighted by Crippen LogP contribution is -2.17. The zero-order valence-corrected chi connectivity index (χ0v) is 14.0. The largest absolute Gasteiger partial charge is 0.478 e. The van der Waals surface area contributed by atoms with E-state index in [1.54, 1.807) is 30.5 Å². The zero-order chi connectivity index (χ0) is 18.5. The summed E-state index contributed by atoms with van der Waals surface area (Å²) in [6.45, 7) is 0. The quantitative estimate of drug-likeness (QED) is 0.529. The highest BCUT2D eigenvalue weighted by atomic mass is 35.5. The van der Waals surface area contributed by atoms with E-state index < -0.39 is 11.9 Å². The molecule has 3 aromatic rings. The summed E-state index contributed by atoms with van der Waals surface area (Å²) >= 11 is 6.11. The Kier molecular flexibility index (Phi) is 5.09. The van der Waals surface area contributed by atoms with Gasteiger partial charge in [-0.25, -0.2) is 10.2 Å². The summed E-state index contributed by atoms with van der Waals surface area (Å²) in [5, 5.41) is 13.3. The van der Waals surface area contributed by atoms with Crippen LogP contribution >= 0.6 is 11.6 Å². The van der Waals surface area contributed by atoms with Gasteiger partial charge in [0, 0.05) is 18.0 Å². The van der Waals surface area contributed by atoms with E-state index in [-0.39, 0.29) is 5.56 Å². The summed E-state index contributed by atoms with van der Waals surface area (Å²) in [5.74, 6) is -0.714. The summed E-state index contributed by atoms with van der Waals surface area (Å²) in [4.78, 5) is 26.8. The molecule has 0 fully saturated rings. The number of carboxylic acid groups (broad SMARTS) is 1. The van der Waals surface area contributed by atoms with E-state index in [1.165, 1.54) is 30.6 Å². The number of nitrogens with one attached hydrogen (secondary N) is 1. The van der Waals surface area contributed by atoms with E-state index in [1.807, 2.05) is 0 Å². The summed E-state index contributed by atoms with van der Waals surface area (Å²) < 4.78 is 5.58. The first-order chi connectivity index (χ1) is 12.5. The monoisotopic (exact) mass is 369 g/mol. The molecule has 0 unspecified atom stereocenters. The van der Waals surface area contributed by atoms with Gasteiger partial charge in [0.05, 0.1) is 22.4 Å². The van der Waals surface area contributed by atoms with Crippen molar-refractivity contribution in [3.8, 4) is 11.3 Å². The fourth-order valence-corrected chi connectivity index (χ4v) is 2.34. The number of halogens is 1. The molecule has 1 aromatic carbocycles. The van der Waals surface area contributed by atoms with Crippen LogP contribution in [-0.4, -0.2) is 28.2 Å². The van der Waals surface area contributed by atoms with Crippen LogP contribution in [0.3, 0.4) is 0 Å². The maximum atomic E-state index is 11.8. The molecule has 0 aliphatic rings. The maximum Gasteiger partial charge on any atom is 0.335 e. The summed E-state index contributed by atoms with van der Waals surface area (Å²) in [7, 11) is 0. The molecule has 0 atom stereocenters. The molecule has 0 aliphatic heterocycles. The number of hydrazone groups is 1. The molecule has 2 aromatic heterocycles. The number of aromatic nitrogens is 1. The van der Waals surface area contributed by atoms with Gasteiger partial charge in [0.1, 0.15) is 11.5 Å². The number of benzene rings is 1. The molecule has 0 aliphatic carbocycles. The number of amides is 1. The van der Waals surface area contributed by atoms with Gasteiger partial charge in [0.15, 0.2) is 0 Å².